The smallest absolute Gasteiger partial charge is 0.192 e. The Labute approximate surface area is 149 Å². The number of benzene rings is 1. The first kappa shape index (κ1) is 20.9. The SMILES string of the molecule is CC(C)(CO)C(/C=C/C=C/c1ccccc1)O[Si](C)(C)C(C)(C)C. The number of rotatable bonds is 7. The number of aliphatic hydroxyl groups excluding tert-OH is 1. The van der Waals surface area contributed by atoms with Gasteiger partial charge in [-0.1, -0.05) is 89.3 Å². The molecular weight excluding hydrogens is 312 g/mol. The molecule has 0 bridgehead atoms. The molecule has 0 amide bonds. The molecule has 1 N–H and O–H groups in total. The molecule has 3 heteroatoms. The fourth-order valence-corrected chi connectivity index (χ4v) is 3.33. The van der Waals surface area contributed by atoms with Crippen LogP contribution in [0.1, 0.15) is 40.2 Å². The van der Waals surface area contributed by atoms with Crippen molar-refractivity contribution >= 4 is 14.4 Å². The minimum atomic E-state index is -1.90. The molecule has 0 aliphatic carbocycles. The molecule has 24 heavy (non-hydrogen) atoms. The molecule has 0 saturated carbocycles. The van der Waals surface area contributed by atoms with E-state index in [1.165, 1.54) is 5.56 Å². The van der Waals surface area contributed by atoms with E-state index in [-0.39, 0.29) is 23.2 Å². The van der Waals surface area contributed by atoms with E-state index in [2.05, 4.69) is 72.0 Å². The van der Waals surface area contributed by atoms with Gasteiger partial charge in [0.2, 0.25) is 0 Å². The normalized spacial score (nSPS) is 15.3. The molecule has 1 rings (SSSR count). The first-order chi connectivity index (χ1) is 11.0. The zero-order chi connectivity index (χ0) is 18.4. The van der Waals surface area contributed by atoms with Gasteiger partial charge in [-0.15, -0.1) is 0 Å². The third-order valence-corrected chi connectivity index (χ3v) is 9.35. The molecule has 0 saturated heterocycles. The van der Waals surface area contributed by atoms with Crippen LogP contribution in [0.15, 0.2) is 48.6 Å². The van der Waals surface area contributed by atoms with Crippen molar-refractivity contribution in [3.05, 3.63) is 54.1 Å². The molecule has 1 atom stereocenters. The maximum Gasteiger partial charge on any atom is 0.192 e. The Morgan fingerprint density at radius 2 is 1.62 bits per heavy atom. The Balaban J connectivity index is 2.91. The van der Waals surface area contributed by atoms with Crippen LogP contribution < -0.4 is 0 Å². The van der Waals surface area contributed by atoms with E-state index in [0.29, 0.717) is 0 Å². The van der Waals surface area contributed by atoms with Crippen LogP contribution in [-0.4, -0.2) is 26.1 Å². The van der Waals surface area contributed by atoms with Crippen molar-refractivity contribution < 1.29 is 9.53 Å². The van der Waals surface area contributed by atoms with Crippen molar-refractivity contribution in [1.82, 2.24) is 0 Å². The zero-order valence-corrected chi connectivity index (χ0v) is 17.3. The summed E-state index contributed by atoms with van der Waals surface area (Å²) < 4.78 is 6.57. The molecule has 134 valence electrons. The fraction of sp³-hybridized carbons (Fsp3) is 0.524. The highest BCUT2D eigenvalue weighted by atomic mass is 28.4. The van der Waals surface area contributed by atoms with Crippen LogP contribution in [0, 0.1) is 5.41 Å². The Morgan fingerprint density at radius 3 is 2.12 bits per heavy atom. The predicted molar refractivity (Wildman–Crippen MR) is 108 cm³/mol. The average molecular weight is 347 g/mol. The van der Waals surface area contributed by atoms with Gasteiger partial charge in [-0.3, -0.25) is 0 Å². The second-order valence-corrected chi connectivity index (χ2v) is 13.4. The lowest BCUT2D eigenvalue weighted by molar-refractivity contribution is 0.0452. The largest absolute Gasteiger partial charge is 0.410 e. The molecule has 0 spiro atoms. The van der Waals surface area contributed by atoms with Crippen molar-refractivity contribution in [2.45, 2.75) is 58.9 Å². The number of hydrogen-bond donors (Lipinski definition) is 1. The highest BCUT2D eigenvalue weighted by molar-refractivity contribution is 6.74. The molecule has 0 heterocycles. The van der Waals surface area contributed by atoms with Crippen molar-refractivity contribution in [1.29, 1.82) is 0 Å². The summed E-state index contributed by atoms with van der Waals surface area (Å²) in [6, 6.07) is 10.2. The predicted octanol–water partition coefficient (Wildman–Crippen LogP) is 5.66. The first-order valence-corrected chi connectivity index (χ1v) is 11.6. The van der Waals surface area contributed by atoms with Crippen molar-refractivity contribution in [3.8, 4) is 0 Å². The monoisotopic (exact) mass is 346 g/mol. The van der Waals surface area contributed by atoms with Crippen LogP contribution in [-0.2, 0) is 4.43 Å². The lowest BCUT2D eigenvalue weighted by atomic mass is 9.87. The molecule has 1 aromatic carbocycles. The summed E-state index contributed by atoms with van der Waals surface area (Å²) in [4.78, 5) is 0. The van der Waals surface area contributed by atoms with E-state index in [1.807, 2.05) is 30.4 Å². The summed E-state index contributed by atoms with van der Waals surface area (Å²) in [7, 11) is -1.90. The lowest BCUT2D eigenvalue weighted by Crippen LogP contribution is -2.48. The van der Waals surface area contributed by atoms with Crippen LogP contribution in [0.3, 0.4) is 0 Å². The van der Waals surface area contributed by atoms with Gasteiger partial charge in [0, 0.05) is 5.41 Å². The summed E-state index contributed by atoms with van der Waals surface area (Å²) in [6.45, 7) is 15.4. The number of allylic oxidation sites excluding steroid dienone is 2. The van der Waals surface area contributed by atoms with Gasteiger partial charge in [0.15, 0.2) is 8.32 Å². The van der Waals surface area contributed by atoms with E-state index < -0.39 is 8.32 Å². The topological polar surface area (TPSA) is 29.5 Å². The minimum absolute atomic E-state index is 0.0963. The van der Waals surface area contributed by atoms with E-state index in [1.54, 1.807) is 0 Å². The Morgan fingerprint density at radius 1 is 1.04 bits per heavy atom. The summed E-state index contributed by atoms with van der Waals surface area (Å²) in [6.07, 6.45) is 8.11. The summed E-state index contributed by atoms with van der Waals surface area (Å²) in [5.41, 5.74) is 0.859. The second-order valence-electron chi connectivity index (χ2n) is 8.60. The first-order valence-electron chi connectivity index (χ1n) is 8.68. The van der Waals surface area contributed by atoms with Gasteiger partial charge in [0.25, 0.3) is 0 Å². The van der Waals surface area contributed by atoms with Gasteiger partial charge in [0.1, 0.15) is 0 Å². The molecule has 0 aromatic heterocycles. The molecular formula is C21H34O2Si. The molecule has 1 unspecified atom stereocenters. The Hall–Kier alpha value is -1.16. The zero-order valence-electron chi connectivity index (χ0n) is 16.3. The van der Waals surface area contributed by atoms with Crippen LogP contribution >= 0.6 is 0 Å². The van der Waals surface area contributed by atoms with E-state index in [0.717, 1.165) is 0 Å². The number of hydrogen-bond acceptors (Lipinski definition) is 2. The van der Waals surface area contributed by atoms with Crippen molar-refractivity contribution in [2.75, 3.05) is 6.61 Å². The van der Waals surface area contributed by atoms with Gasteiger partial charge < -0.3 is 9.53 Å². The third-order valence-electron chi connectivity index (χ3n) is 4.89. The van der Waals surface area contributed by atoms with Gasteiger partial charge >= 0.3 is 0 Å². The quantitative estimate of drug-likeness (QED) is 0.509. The van der Waals surface area contributed by atoms with Crippen molar-refractivity contribution in [3.63, 3.8) is 0 Å². The highest BCUT2D eigenvalue weighted by Gasteiger charge is 2.41. The maximum absolute atomic E-state index is 9.78. The molecule has 0 radical (unpaired) electrons. The van der Waals surface area contributed by atoms with E-state index >= 15 is 0 Å². The maximum atomic E-state index is 9.78. The Kier molecular flexibility index (Phi) is 7.20. The van der Waals surface area contributed by atoms with E-state index in [9.17, 15) is 5.11 Å². The fourth-order valence-electron chi connectivity index (χ4n) is 1.94. The van der Waals surface area contributed by atoms with Crippen LogP contribution in [0.4, 0.5) is 0 Å². The third kappa shape index (κ3) is 6.04. The van der Waals surface area contributed by atoms with Crippen LogP contribution in [0.2, 0.25) is 18.1 Å². The summed E-state index contributed by atoms with van der Waals surface area (Å²) >= 11 is 0. The van der Waals surface area contributed by atoms with Crippen LogP contribution in [0.25, 0.3) is 6.08 Å². The van der Waals surface area contributed by atoms with Gasteiger partial charge in [-0.05, 0) is 23.7 Å². The second kappa shape index (κ2) is 8.28. The molecule has 0 fully saturated rings. The molecule has 2 nitrogen and oxygen atoms in total. The summed E-state index contributed by atoms with van der Waals surface area (Å²) in [5.74, 6) is 0. The minimum Gasteiger partial charge on any atom is -0.410 e. The average Bonchev–Trinajstić information content (AvgIpc) is 2.50. The molecule has 0 aliphatic heterocycles. The van der Waals surface area contributed by atoms with Gasteiger partial charge in [-0.2, -0.15) is 0 Å². The van der Waals surface area contributed by atoms with Gasteiger partial charge in [-0.25, -0.2) is 0 Å². The number of aliphatic hydroxyl groups is 1. The van der Waals surface area contributed by atoms with Gasteiger partial charge in [0.05, 0.1) is 12.7 Å². The standard InChI is InChI=1S/C21H34O2Si/c1-20(2,3)24(6,7)23-19(21(4,5)17-22)16-12-11-15-18-13-9-8-10-14-18/h8-16,19,22H,17H2,1-7H3/b15-11+,16-12+. The van der Waals surface area contributed by atoms with E-state index in [4.69, 9.17) is 4.43 Å². The molecule has 1 aromatic rings. The lowest BCUT2D eigenvalue weighted by Gasteiger charge is -2.42. The molecule has 0 aliphatic rings. The highest BCUT2D eigenvalue weighted by Crippen LogP contribution is 2.39. The van der Waals surface area contributed by atoms with Crippen molar-refractivity contribution in [2.24, 2.45) is 5.41 Å². The Bertz CT molecular complexity index is 551. The van der Waals surface area contributed by atoms with Crippen LogP contribution in [0.5, 0.6) is 0 Å². The summed E-state index contributed by atoms with van der Waals surface area (Å²) in [5, 5.41) is 9.93.